The van der Waals surface area contributed by atoms with Crippen LogP contribution >= 0.6 is 0 Å². The Bertz CT molecular complexity index is 1040. The minimum atomic E-state index is 0.0376. The van der Waals surface area contributed by atoms with E-state index in [9.17, 15) is 0 Å². The average molecular weight is 327 g/mol. The summed E-state index contributed by atoms with van der Waals surface area (Å²) < 4.78 is 0. The number of nitrogens with one attached hydrogen (secondary N) is 1. The van der Waals surface area contributed by atoms with Crippen molar-refractivity contribution in [3.63, 3.8) is 0 Å². The second kappa shape index (κ2) is 6.13. The van der Waals surface area contributed by atoms with Crippen molar-refractivity contribution in [3.8, 4) is 22.5 Å². The van der Waals surface area contributed by atoms with Crippen LogP contribution in [0.2, 0.25) is 0 Å². The van der Waals surface area contributed by atoms with Gasteiger partial charge in [-0.05, 0) is 29.3 Å². The van der Waals surface area contributed by atoms with Crippen LogP contribution in [0.25, 0.3) is 33.5 Å². The summed E-state index contributed by atoms with van der Waals surface area (Å²) in [5.74, 6) is 0.854. The maximum atomic E-state index is 5.43. The summed E-state index contributed by atoms with van der Waals surface area (Å²) in [7, 11) is 0. The first-order valence-corrected chi connectivity index (χ1v) is 7.94. The van der Waals surface area contributed by atoms with Gasteiger partial charge in [-0.25, -0.2) is 9.98 Å². The summed E-state index contributed by atoms with van der Waals surface area (Å²) in [6.45, 7) is 0. The summed E-state index contributed by atoms with van der Waals surface area (Å²) in [5.41, 5.74) is 16.7. The summed E-state index contributed by atoms with van der Waals surface area (Å²) in [6.07, 6.45) is 0. The molecular weight excluding hydrogens is 310 g/mol. The molecule has 5 N–H and O–H groups in total. The molecule has 0 saturated carbocycles. The number of hydrogen-bond acceptors (Lipinski definition) is 2. The van der Waals surface area contributed by atoms with Gasteiger partial charge >= 0.3 is 0 Å². The molecule has 0 unspecified atom stereocenters. The van der Waals surface area contributed by atoms with Gasteiger partial charge in [0, 0.05) is 5.56 Å². The van der Waals surface area contributed by atoms with Crippen LogP contribution in [0.1, 0.15) is 0 Å². The van der Waals surface area contributed by atoms with Crippen molar-refractivity contribution in [3.05, 3.63) is 72.8 Å². The Labute approximate surface area is 145 Å². The van der Waals surface area contributed by atoms with Gasteiger partial charge < -0.3 is 16.5 Å². The number of hydrogen-bond donors (Lipinski definition) is 3. The molecule has 4 rings (SSSR count). The molecule has 4 aromatic rings. The van der Waals surface area contributed by atoms with E-state index in [1.54, 1.807) is 0 Å². The highest BCUT2D eigenvalue weighted by Crippen LogP contribution is 2.26. The van der Waals surface area contributed by atoms with Crippen molar-refractivity contribution in [2.24, 2.45) is 16.5 Å². The Kier molecular flexibility index (Phi) is 3.67. The predicted molar refractivity (Wildman–Crippen MR) is 102 cm³/mol. The first-order chi connectivity index (χ1) is 12.2. The molecule has 0 aliphatic heterocycles. The van der Waals surface area contributed by atoms with Gasteiger partial charge in [0.1, 0.15) is 5.82 Å². The van der Waals surface area contributed by atoms with E-state index in [0.29, 0.717) is 5.69 Å². The zero-order valence-electron chi connectivity index (χ0n) is 13.5. The summed E-state index contributed by atoms with van der Waals surface area (Å²) in [4.78, 5) is 12.0. The molecule has 1 aromatic heterocycles. The standard InChI is InChI=1S/C20H17N5/c21-20(22)23-16-10-11-17-18(12-16)25-19(24-17)15-8-6-14(7-9-15)13-4-2-1-3-5-13/h1-12H,(H,24,25)(H4,21,22,23). The number of aromatic nitrogens is 2. The lowest BCUT2D eigenvalue weighted by molar-refractivity contribution is 1.34. The SMILES string of the molecule is NC(N)=Nc1ccc2nc(-c3ccc(-c4ccccc4)cc3)[nH]c2c1. The second-order valence-corrected chi connectivity index (χ2v) is 5.77. The van der Waals surface area contributed by atoms with E-state index in [4.69, 9.17) is 11.5 Å². The Morgan fingerprint density at radius 1 is 0.800 bits per heavy atom. The fourth-order valence-electron chi connectivity index (χ4n) is 2.80. The van der Waals surface area contributed by atoms with E-state index < -0.39 is 0 Å². The van der Waals surface area contributed by atoms with Crippen LogP contribution in [-0.4, -0.2) is 15.9 Å². The molecule has 0 saturated heterocycles. The number of benzene rings is 3. The van der Waals surface area contributed by atoms with Crippen molar-refractivity contribution in [2.45, 2.75) is 0 Å². The molecule has 5 nitrogen and oxygen atoms in total. The third kappa shape index (κ3) is 3.07. The van der Waals surface area contributed by atoms with Crippen molar-refractivity contribution in [1.29, 1.82) is 0 Å². The van der Waals surface area contributed by atoms with Gasteiger partial charge in [0.05, 0.1) is 16.7 Å². The van der Waals surface area contributed by atoms with Crippen LogP contribution in [0.15, 0.2) is 77.8 Å². The van der Waals surface area contributed by atoms with Gasteiger partial charge in [0.2, 0.25) is 0 Å². The van der Waals surface area contributed by atoms with Crippen LogP contribution in [0.4, 0.5) is 5.69 Å². The minimum Gasteiger partial charge on any atom is -0.370 e. The van der Waals surface area contributed by atoms with Gasteiger partial charge in [-0.2, -0.15) is 0 Å². The zero-order valence-corrected chi connectivity index (χ0v) is 13.5. The van der Waals surface area contributed by atoms with Crippen LogP contribution < -0.4 is 11.5 Å². The van der Waals surface area contributed by atoms with Gasteiger partial charge in [-0.1, -0.05) is 54.6 Å². The average Bonchev–Trinajstić information content (AvgIpc) is 3.05. The smallest absolute Gasteiger partial charge is 0.191 e. The molecule has 25 heavy (non-hydrogen) atoms. The zero-order chi connectivity index (χ0) is 17.2. The maximum absolute atomic E-state index is 5.43. The third-order valence-corrected chi connectivity index (χ3v) is 3.99. The molecule has 0 atom stereocenters. The highest BCUT2D eigenvalue weighted by Gasteiger charge is 2.06. The third-order valence-electron chi connectivity index (χ3n) is 3.99. The van der Waals surface area contributed by atoms with E-state index >= 15 is 0 Å². The predicted octanol–water partition coefficient (Wildman–Crippen LogP) is 3.80. The minimum absolute atomic E-state index is 0.0376. The lowest BCUT2D eigenvalue weighted by atomic mass is 10.0. The molecular formula is C20H17N5. The maximum Gasteiger partial charge on any atom is 0.191 e. The molecule has 5 heteroatoms. The van der Waals surface area contributed by atoms with Crippen molar-refractivity contribution in [1.82, 2.24) is 9.97 Å². The number of aliphatic imine (C=N–C) groups is 1. The first-order valence-electron chi connectivity index (χ1n) is 7.94. The Morgan fingerprint density at radius 2 is 1.48 bits per heavy atom. The topological polar surface area (TPSA) is 93.1 Å². The van der Waals surface area contributed by atoms with Crippen LogP contribution in [0.3, 0.4) is 0 Å². The van der Waals surface area contributed by atoms with Crippen LogP contribution in [-0.2, 0) is 0 Å². The highest BCUT2D eigenvalue weighted by atomic mass is 15.0. The van der Waals surface area contributed by atoms with E-state index in [1.165, 1.54) is 11.1 Å². The largest absolute Gasteiger partial charge is 0.370 e. The molecule has 0 amide bonds. The number of imidazole rings is 1. The number of rotatable bonds is 3. The van der Waals surface area contributed by atoms with Crippen molar-refractivity contribution < 1.29 is 0 Å². The number of H-pyrrole nitrogens is 1. The number of nitrogens with zero attached hydrogens (tertiary/aromatic N) is 2. The molecule has 0 spiro atoms. The fraction of sp³-hybridized carbons (Fsp3) is 0. The molecule has 1 heterocycles. The Morgan fingerprint density at radius 3 is 2.20 bits per heavy atom. The second-order valence-electron chi connectivity index (χ2n) is 5.77. The van der Waals surface area contributed by atoms with E-state index in [-0.39, 0.29) is 5.96 Å². The number of guanidine groups is 1. The fourth-order valence-corrected chi connectivity index (χ4v) is 2.80. The molecule has 0 radical (unpaired) electrons. The molecule has 3 aromatic carbocycles. The number of aromatic amines is 1. The molecule has 0 bridgehead atoms. The van der Waals surface area contributed by atoms with E-state index in [1.807, 2.05) is 36.4 Å². The Hall–Kier alpha value is -3.60. The van der Waals surface area contributed by atoms with Gasteiger partial charge in [-0.3, -0.25) is 0 Å². The Balaban J connectivity index is 1.68. The summed E-state index contributed by atoms with van der Waals surface area (Å²) in [6, 6.07) is 24.2. The van der Waals surface area contributed by atoms with Gasteiger partial charge in [0.15, 0.2) is 5.96 Å². The summed E-state index contributed by atoms with van der Waals surface area (Å²) in [5, 5.41) is 0. The lowest BCUT2D eigenvalue weighted by Crippen LogP contribution is -2.21. The van der Waals surface area contributed by atoms with E-state index in [0.717, 1.165) is 22.4 Å². The van der Waals surface area contributed by atoms with Gasteiger partial charge in [-0.15, -0.1) is 0 Å². The van der Waals surface area contributed by atoms with Crippen LogP contribution in [0, 0.1) is 0 Å². The molecule has 122 valence electrons. The monoisotopic (exact) mass is 327 g/mol. The van der Waals surface area contributed by atoms with Crippen molar-refractivity contribution in [2.75, 3.05) is 0 Å². The molecule has 0 fully saturated rings. The summed E-state index contributed by atoms with van der Waals surface area (Å²) >= 11 is 0. The molecule has 0 aliphatic rings. The lowest BCUT2D eigenvalue weighted by Gasteiger charge is -2.02. The first kappa shape index (κ1) is 15.0. The molecule has 0 aliphatic carbocycles. The van der Waals surface area contributed by atoms with Crippen LogP contribution in [0.5, 0.6) is 0 Å². The highest BCUT2D eigenvalue weighted by molar-refractivity contribution is 5.85. The normalized spacial score (nSPS) is 10.7. The van der Waals surface area contributed by atoms with Gasteiger partial charge in [0.25, 0.3) is 0 Å². The quantitative estimate of drug-likeness (QED) is 0.394. The van der Waals surface area contributed by atoms with Crippen molar-refractivity contribution >= 4 is 22.7 Å². The number of fused-ring (bicyclic) bond motifs is 1. The van der Waals surface area contributed by atoms with E-state index in [2.05, 4.69) is 51.4 Å². The number of nitrogens with two attached hydrogens (primary N) is 2.